The summed E-state index contributed by atoms with van der Waals surface area (Å²) in [5.74, 6) is -1.66. The van der Waals surface area contributed by atoms with Crippen LogP contribution in [-0.4, -0.2) is 72.0 Å². The number of alkyl halides is 3. The molecule has 2 saturated heterocycles. The Kier molecular flexibility index (Phi) is 8.04. The fourth-order valence-corrected chi connectivity index (χ4v) is 6.86. The van der Waals surface area contributed by atoms with Crippen molar-refractivity contribution in [2.45, 2.75) is 56.2 Å². The normalized spacial score (nSPS) is 21.2. The van der Waals surface area contributed by atoms with E-state index in [-0.39, 0.29) is 42.4 Å². The highest BCUT2D eigenvalue weighted by Gasteiger charge is 2.51. The second-order valence-electron chi connectivity index (χ2n) is 9.22. The number of amides is 2. The largest absolute Gasteiger partial charge is 0.573 e. The maximum absolute atomic E-state index is 13.8. The minimum atomic E-state index is -5.13. The maximum Gasteiger partial charge on any atom is 0.573 e. The molecule has 2 amide bonds. The lowest BCUT2D eigenvalue weighted by Crippen LogP contribution is -2.72. The number of nitrogens with zero attached hydrogens (tertiary/aromatic N) is 3. The number of carbonyl (C=O) groups is 2. The Morgan fingerprint density at radius 1 is 1.13 bits per heavy atom. The van der Waals surface area contributed by atoms with Crippen LogP contribution in [0.3, 0.4) is 0 Å². The second-order valence-corrected chi connectivity index (χ2v) is 12.4. The molecule has 0 aliphatic carbocycles. The smallest absolute Gasteiger partial charge is 0.404 e. The monoisotopic (exact) mass is 637 g/mol. The predicted molar refractivity (Wildman–Crippen MR) is 136 cm³/mol. The van der Waals surface area contributed by atoms with Crippen molar-refractivity contribution in [3.8, 4) is 5.75 Å². The molecule has 2 aromatic carbocycles. The second kappa shape index (κ2) is 10.7. The van der Waals surface area contributed by atoms with Gasteiger partial charge in [-0.25, -0.2) is 8.42 Å². The summed E-state index contributed by atoms with van der Waals surface area (Å²) >= 11 is 9.02. The molecule has 4 rings (SSSR count). The summed E-state index contributed by atoms with van der Waals surface area (Å²) in [6, 6.07) is 8.60. The van der Waals surface area contributed by atoms with E-state index in [1.54, 1.807) is 38.1 Å². The van der Waals surface area contributed by atoms with Crippen molar-refractivity contribution >= 4 is 49.4 Å². The standard InChI is InChI=1S/C24H24BrClF3N3O5S/c1-14(2)30-13-21-31(38(35,36)20-8-5-16(25)12-19(20)37-24(27,28)29)10-9-22(33)32(21)18(23(30)34)11-15-3-6-17(26)7-4-15/h3-8,12,14,18,21H,9-11,13H2,1-2H3. The summed E-state index contributed by atoms with van der Waals surface area (Å²) in [4.78, 5) is 28.7. The molecular formula is C24H24BrClF3N3O5S. The first kappa shape index (κ1) is 28.7. The summed E-state index contributed by atoms with van der Waals surface area (Å²) in [7, 11) is -4.61. The summed E-state index contributed by atoms with van der Waals surface area (Å²) < 4.78 is 72.2. The van der Waals surface area contributed by atoms with Crippen LogP contribution in [0.25, 0.3) is 0 Å². The molecule has 0 bridgehead atoms. The Morgan fingerprint density at radius 3 is 2.39 bits per heavy atom. The van der Waals surface area contributed by atoms with Crippen LogP contribution in [0.4, 0.5) is 13.2 Å². The third kappa shape index (κ3) is 5.80. The fourth-order valence-electron chi connectivity index (χ4n) is 4.73. The van der Waals surface area contributed by atoms with Crippen LogP contribution in [0.1, 0.15) is 25.8 Å². The number of ether oxygens (including phenoxy) is 1. The van der Waals surface area contributed by atoms with Crippen LogP contribution in [-0.2, 0) is 26.0 Å². The van der Waals surface area contributed by atoms with Gasteiger partial charge in [0.15, 0.2) is 5.75 Å². The number of hydrogen-bond acceptors (Lipinski definition) is 5. The third-order valence-corrected chi connectivity index (χ3v) is 9.12. The Morgan fingerprint density at radius 2 is 1.79 bits per heavy atom. The van der Waals surface area contributed by atoms with Crippen LogP contribution in [0.5, 0.6) is 5.75 Å². The summed E-state index contributed by atoms with van der Waals surface area (Å²) in [6.45, 7) is 3.13. The van der Waals surface area contributed by atoms with Crippen molar-refractivity contribution in [2.24, 2.45) is 0 Å². The minimum absolute atomic E-state index is 0.107. The molecule has 2 unspecified atom stereocenters. The van der Waals surface area contributed by atoms with Gasteiger partial charge < -0.3 is 14.5 Å². The third-order valence-electron chi connectivity index (χ3n) is 6.44. The lowest BCUT2D eigenvalue weighted by Gasteiger charge is -2.52. The van der Waals surface area contributed by atoms with Crippen molar-refractivity contribution in [3.05, 3.63) is 57.5 Å². The molecule has 2 atom stereocenters. The molecule has 2 aliphatic heterocycles. The van der Waals surface area contributed by atoms with Gasteiger partial charge in [-0.1, -0.05) is 39.7 Å². The number of halogens is 5. The number of rotatable bonds is 6. The Hall–Kier alpha value is -2.35. The van der Waals surface area contributed by atoms with Crippen LogP contribution < -0.4 is 4.74 Å². The molecule has 2 aromatic rings. The van der Waals surface area contributed by atoms with Gasteiger partial charge in [0.2, 0.25) is 21.8 Å². The van der Waals surface area contributed by atoms with E-state index < -0.39 is 45.1 Å². The SMILES string of the molecule is CC(C)N1CC2N(C(=O)CCN2S(=O)(=O)c2ccc(Br)cc2OC(F)(F)F)C(Cc2ccc(Cl)cc2)C1=O. The lowest BCUT2D eigenvalue weighted by atomic mass is 9.97. The van der Waals surface area contributed by atoms with Gasteiger partial charge in [-0.05, 0) is 49.7 Å². The fraction of sp³-hybridized carbons (Fsp3) is 0.417. The van der Waals surface area contributed by atoms with E-state index in [4.69, 9.17) is 11.6 Å². The van der Waals surface area contributed by atoms with E-state index in [0.717, 1.165) is 16.4 Å². The van der Waals surface area contributed by atoms with E-state index in [1.165, 1.54) is 15.9 Å². The zero-order chi connectivity index (χ0) is 28.0. The van der Waals surface area contributed by atoms with Gasteiger partial charge in [0.25, 0.3) is 0 Å². The molecule has 2 aliphatic rings. The van der Waals surface area contributed by atoms with Crippen molar-refractivity contribution in [2.75, 3.05) is 13.1 Å². The lowest BCUT2D eigenvalue weighted by molar-refractivity contribution is -0.275. The first-order chi connectivity index (χ1) is 17.7. The van der Waals surface area contributed by atoms with Crippen LogP contribution >= 0.6 is 27.5 Å². The molecule has 0 radical (unpaired) electrons. The zero-order valence-electron chi connectivity index (χ0n) is 20.3. The zero-order valence-corrected chi connectivity index (χ0v) is 23.4. The van der Waals surface area contributed by atoms with Gasteiger partial charge in [-0.2, -0.15) is 4.31 Å². The topological polar surface area (TPSA) is 87.2 Å². The van der Waals surface area contributed by atoms with Crippen LogP contribution in [0, 0.1) is 0 Å². The van der Waals surface area contributed by atoms with Crippen molar-refractivity contribution < 1.29 is 35.9 Å². The summed E-state index contributed by atoms with van der Waals surface area (Å²) in [5, 5.41) is 0.489. The maximum atomic E-state index is 13.8. The van der Waals surface area contributed by atoms with Gasteiger partial charge >= 0.3 is 6.36 Å². The van der Waals surface area contributed by atoms with Crippen molar-refractivity contribution in [3.63, 3.8) is 0 Å². The average Bonchev–Trinajstić information content (AvgIpc) is 2.80. The van der Waals surface area contributed by atoms with E-state index >= 15 is 0 Å². The Balaban J connectivity index is 1.77. The molecular weight excluding hydrogens is 615 g/mol. The number of carbonyl (C=O) groups excluding carboxylic acids is 2. The van der Waals surface area contributed by atoms with Gasteiger partial charge in [0, 0.05) is 34.9 Å². The molecule has 0 N–H and O–H groups in total. The highest BCUT2D eigenvalue weighted by atomic mass is 79.9. The molecule has 0 saturated carbocycles. The molecule has 206 valence electrons. The molecule has 0 spiro atoms. The number of benzene rings is 2. The minimum Gasteiger partial charge on any atom is -0.404 e. The van der Waals surface area contributed by atoms with Gasteiger partial charge in [-0.15, -0.1) is 13.2 Å². The number of fused-ring (bicyclic) bond motifs is 1. The predicted octanol–water partition coefficient (Wildman–Crippen LogP) is 4.41. The van der Waals surface area contributed by atoms with Crippen LogP contribution in [0.2, 0.25) is 5.02 Å². The Labute approximate surface area is 231 Å². The Bertz CT molecular complexity index is 1340. The first-order valence-electron chi connectivity index (χ1n) is 11.6. The highest BCUT2D eigenvalue weighted by molar-refractivity contribution is 9.10. The molecule has 2 fully saturated rings. The molecule has 38 heavy (non-hydrogen) atoms. The molecule has 2 heterocycles. The van der Waals surface area contributed by atoms with E-state index in [1.807, 2.05) is 0 Å². The molecule has 0 aromatic heterocycles. The van der Waals surface area contributed by atoms with E-state index in [9.17, 15) is 31.2 Å². The van der Waals surface area contributed by atoms with Crippen LogP contribution in [0.15, 0.2) is 51.8 Å². The number of sulfonamides is 1. The van der Waals surface area contributed by atoms with Crippen molar-refractivity contribution in [1.82, 2.24) is 14.1 Å². The first-order valence-corrected chi connectivity index (χ1v) is 14.2. The summed E-state index contributed by atoms with van der Waals surface area (Å²) in [5.41, 5.74) is 0.707. The molecule has 8 nitrogen and oxygen atoms in total. The van der Waals surface area contributed by atoms with E-state index in [0.29, 0.717) is 10.6 Å². The van der Waals surface area contributed by atoms with Gasteiger partial charge in [0.1, 0.15) is 17.1 Å². The number of piperazine rings is 1. The number of hydrogen-bond donors (Lipinski definition) is 0. The highest BCUT2D eigenvalue weighted by Crippen LogP contribution is 2.37. The summed E-state index contributed by atoms with van der Waals surface area (Å²) in [6.07, 6.45) is -6.39. The quantitative estimate of drug-likeness (QED) is 0.468. The van der Waals surface area contributed by atoms with Gasteiger partial charge in [0.05, 0.1) is 6.54 Å². The average molecular weight is 639 g/mol. The molecule has 14 heteroatoms. The van der Waals surface area contributed by atoms with Gasteiger partial charge in [-0.3, -0.25) is 9.59 Å². The van der Waals surface area contributed by atoms with E-state index in [2.05, 4.69) is 20.7 Å². The van der Waals surface area contributed by atoms with Crippen molar-refractivity contribution in [1.29, 1.82) is 0 Å².